The third kappa shape index (κ3) is 2.58. The van der Waals surface area contributed by atoms with Crippen molar-refractivity contribution in [1.82, 2.24) is 10.2 Å². The lowest BCUT2D eigenvalue weighted by molar-refractivity contribution is -0.0654. The molecule has 0 aromatic rings. The molecule has 0 aromatic heterocycles. The minimum Gasteiger partial charge on any atom is -0.394 e. The van der Waals surface area contributed by atoms with E-state index in [9.17, 15) is 15.0 Å². The van der Waals surface area contributed by atoms with Crippen LogP contribution in [-0.4, -0.2) is 57.4 Å². The Morgan fingerprint density at radius 3 is 2.75 bits per heavy atom. The second kappa shape index (κ2) is 5.94. The Kier molecular flexibility index (Phi) is 4.46. The smallest absolute Gasteiger partial charge is 0.328 e. The summed E-state index contributed by atoms with van der Waals surface area (Å²) in [6, 6.07) is -0.559. The van der Waals surface area contributed by atoms with E-state index < -0.39 is 37.2 Å². The Morgan fingerprint density at radius 1 is 1.50 bits per heavy atom. The van der Waals surface area contributed by atoms with Gasteiger partial charge in [-0.15, -0.1) is 0 Å². The maximum absolute atomic E-state index is 11.9. The number of carbonyl (C=O) groups excluding carboxylic acids is 1. The molecule has 2 aliphatic rings. The van der Waals surface area contributed by atoms with Crippen LogP contribution in [0.3, 0.4) is 0 Å². The predicted molar refractivity (Wildman–Crippen MR) is 70.3 cm³/mol. The van der Waals surface area contributed by atoms with Crippen molar-refractivity contribution < 1.29 is 24.9 Å². The Hall–Kier alpha value is -1.38. The van der Waals surface area contributed by atoms with Crippen molar-refractivity contribution >= 4 is 17.6 Å². The number of aliphatic hydroxyl groups is 3. The van der Waals surface area contributed by atoms with Crippen LogP contribution in [-0.2, 0) is 4.74 Å². The lowest BCUT2D eigenvalue weighted by Crippen LogP contribution is -2.50. The lowest BCUT2D eigenvalue weighted by Gasteiger charge is -2.31. The Bertz CT molecular complexity index is 478. The number of hydrogen-bond donors (Lipinski definition) is 4. The second-order valence-electron chi connectivity index (χ2n) is 4.42. The van der Waals surface area contributed by atoms with E-state index in [-0.39, 0.29) is 0 Å². The van der Waals surface area contributed by atoms with Gasteiger partial charge in [0.2, 0.25) is 0 Å². The van der Waals surface area contributed by atoms with E-state index in [1.807, 2.05) is 0 Å². The predicted octanol–water partition coefficient (Wildman–Crippen LogP) is -0.399. The molecule has 20 heavy (non-hydrogen) atoms. The first-order chi connectivity index (χ1) is 9.49. The van der Waals surface area contributed by atoms with E-state index in [0.717, 1.165) is 4.90 Å². The van der Waals surface area contributed by atoms with Gasteiger partial charge in [-0.2, -0.15) is 0 Å². The lowest BCUT2D eigenvalue weighted by atomic mass is 10.1. The number of halogens is 1. The molecule has 4 N–H and O–H groups in total. The highest BCUT2D eigenvalue weighted by molar-refractivity contribution is 6.25. The van der Waals surface area contributed by atoms with Gasteiger partial charge < -0.3 is 25.4 Å². The zero-order valence-corrected chi connectivity index (χ0v) is 11.2. The van der Waals surface area contributed by atoms with Crippen molar-refractivity contribution in [2.75, 3.05) is 6.61 Å². The van der Waals surface area contributed by atoms with Crippen LogP contribution in [0.4, 0.5) is 4.79 Å². The molecule has 1 saturated heterocycles. The number of ether oxygens (including phenoxy) is 1. The van der Waals surface area contributed by atoms with E-state index in [1.54, 1.807) is 0 Å². The minimum absolute atomic E-state index is 0.356. The summed E-state index contributed by atoms with van der Waals surface area (Å²) in [4.78, 5) is 13.0. The largest absolute Gasteiger partial charge is 0.394 e. The number of nitrogens with zero attached hydrogens (tertiary/aromatic N) is 1. The van der Waals surface area contributed by atoms with Gasteiger partial charge in [-0.1, -0.05) is 18.2 Å². The number of amides is 2. The maximum Gasteiger partial charge on any atom is 0.328 e. The van der Waals surface area contributed by atoms with Gasteiger partial charge in [-0.05, 0) is 6.08 Å². The van der Waals surface area contributed by atoms with E-state index in [2.05, 4.69) is 11.9 Å². The van der Waals surface area contributed by atoms with Crippen molar-refractivity contribution in [2.24, 2.45) is 0 Å². The quantitative estimate of drug-likeness (QED) is 0.568. The molecule has 2 heterocycles. The highest BCUT2D eigenvalue weighted by Crippen LogP contribution is 2.27. The molecule has 0 bridgehead atoms. The van der Waals surface area contributed by atoms with Crippen molar-refractivity contribution in [2.45, 2.75) is 24.5 Å². The molecule has 8 heteroatoms. The minimum atomic E-state index is -1.33. The summed E-state index contributed by atoms with van der Waals surface area (Å²) < 4.78 is 5.29. The molecule has 0 radical (unpaired) electrons. The van der Waals surface area contributed by atoms with Gasteiger partial charge in [0.1, 0.15) is 18.3 Å². The Morgan fingerprint density at radius 2 is 2.20 bits per heavy atom. The molecule has 7 nitrogen and oxygen atoms in total. The van der Waals surface area contributed by atoms with Crippen LogP contribution in [0.2, 0.25) is 0 Å². The summed E-state index contributed by atoms with van der Waals surface area (Å²) in [5.41, 5.74) is 2.14. The summed E-state index contributed by atoms with van der Waals surface area (Å²) in [5, 5.41) is 31.1. The third-order valence-electron chi connectivity index (χ3n) is 3.15. The van der Waals surface area contributed by atoms with Gasteiger partial charge >= 0.3 is 6.03 Å². The molecule has 4 atom stereocenters. The number of allylic oxidation sites excluding steroid dienone is 1. The highest BCUT2D eigenvalue weighted by atomic mass is 35.5. The first kappa shape index (κ1) is 15.0. The van der Waals surface area contributed by atoms with E-state index in [0.29, 0.717) is 11.3 Å². The summed E-state index contributed by atoms with van der Waals surface area (Å²) in [6.07, 6.45) is -1.75. The van der Waals surface area contributed by atoms with Crippen molar-refractivity contribution in [3.63, 3.8) is 0 Å². The first-order valence-corrected chi connectivity index (χ1v) is 6.33. The van der Waals surface area contributed by atoms with Gasteiger partial charge in [-0.25, -0.2) is 4.79 Å². The maximum atomic E-state index is 11.9. The fourth-order valence-corrected chi connectivity index (χ4v) is 2.20. The van der Waals surface area contributed by atoms with Crippen LogP contribution in [0.25, 0.3) is 0 Å². The molecule has 0 spiro atoms. The number of carbonyl (C=O) groups is 1. The molecule has 2 rings (SSSR count). The average molecular weight is 303 g/mol. The third-order valence-corrected chi connectivity index (χ3v) is 3.28. The SMILES string of the molecule is C=C1NC(=O)N(C2O[C@@H](CO)[C@@H](O)[C@@H]2O)C=C1/C=C/Cl. The molecule has 0 aromatic carbocycles. The molecule has 0 aliphatic carbocycles. The number of urea groups is 1. The average Bonchev–Trinajstić information content (AvgIpc) is 2.70. The number of aliphatic hydroxyl groups excluding tert-OH is 3. The van der Waals surface area contributed by atoms with Gasteiger partial charge in [0, 0.05) is 23.0 Å². The molecule has 1 unspecified atom stereocenters. The number of hydrogen-bond acceptors (Lipinski definition) is 5. The molecular weight excluding hydrogens is 288 g/mol. The van der Waals surface area contributed by atoms with E-state index in [1.165, 1.54) is 17.8 Å². The summed E-state index contributed by atoms with van der Waals surface area (Å²) in [5.74, 6) is 0. The van der Waals surface area contributed by atoms with Gasteiger partial charge in [0.15, 0.2) is 6.23 Å². The van der Waals surface area contributed by atoms with Crippen molar-refractivity contribution in [3.05, 3.63) is 35.7 Å². The summed E-state index contributed by atoms with van der Waals surface area (Å²) in [7, 11) is 0. The van der Waals surface area contributed by atoms with Crippen molar-refractivity contribution in [1.29, 1.82) is 0 Å². The van der Waals surface area contributed by atoms with Crippen LogP contribution < -0.4 is 5.32 Å². The molecule has 1 fully saturated rings. The fraction of sp³-hybridized carbons (Fsp3) is 0.417. The molecule has 2 amide bonds. The normalized spacial score (nSPS) is 34.6. The van der Waals surface area contributed by atoms with Gasteiger partial charge in [0.05, 0.1) is 6.61 Å². The molecule has 0 saturated carbocycles. The number of rotatable bonds is 3. The van der Waals surface area contributed by atoms with Crippen LogP contribution in [0.5, 0.6) is 0 Å². The van der Waals surface area contributed by atoms with Crippen molar-refractivity contribution in [3.8, 4) is 0 Å². The van der Waals surface area contributed by atoms with Gasteiger partial charge in [-0.3, -0.25) is 4.90 Å². The topological polar surface area (TPSA) is 102 Å². The monoisotopic (exact) mass is 302 g/mol. The Balaban J connectivity index is 2.27. The molecular formula is C12H15ClN2O5. The second-order valence-corrected chi connectivity index (χ2v) is 4.67. The zero-order chi connectivity index (χ0) is 14.9. The van der Waals surface area contributed by atoms with E-state index >= 15 is 0 Å². The van der Waals surface area contributed by atoms with E-state index in [4.69, 9.17) is 21.4 Å². The van der Waals surface area contributed by atoms with Crippen LogP contribution in [0.15, 0.2) is 35.7 Å². The highest BCUT2D eigenvalue weighted by Gasteiger charge is 2.46. The fourth-order valence-electron chi connectivity index (χ4n) is 2.06. The Labute approximate surface area is 120 Å². The van der Waals surface area contributed by atoms with Crippen LogP contribution in [0.1, 0.15) is 0 Å². The summed E-state index contributed by atoms with van der Waals surface area (Å²) in [6.45, 7) is 3.20. The zero-order valence-electron chi connectivity index (χ0n) is 10.4. The standard InChI is InChI=1S/C12H15ClN2O5/c1-6-7(2-3-13)4-15(12(19)14-6)11-10(18)9(17)8(5-16)20-11/h2-4,8-11,16-18H,1,5H2,(H,14,19)/b3-2+/t8-,9+,10-,11?/m0/s1. The molecule has 110 valence electrons. The number of nitrogens with one attached hydrogen (secondary N) is 1. The van der Waals surface area contributed by atoms with Crippen LogP contribution in [0, 0.1) is 0 Å². The first-order valence-electron chi connectivity index (χ1n) is 5.89. The van der Waals surface area contributed by atoms with Gasteiger partial charge in [0.25, 0.3) is 0 Å². The molecule has 2 aliphatic heterocycles. The van der Waals surface area contributed by atoms with Crippen LogP contribution >= 0.6 is 11.6 Å². The summed E-state index contributed by atoms with van der Waals surface area (Å²) >= 11 is 5.49.